The van der Waals surface area contributed by atoms with Gasteiger partial charge in [0.2, 0.25) is 17.7 Å². The highest BCUT2D eigenvalue weighted by Gasteiger charge is 2.36. The zero-order valence-corrected chi connectivity index (χ0v) is 22.7. The van der Waals surface area contributed by atoms with Gasteiger partial charge in [-0.3, -0.25) is 19.8 Å². The third-order valence-corrected chi connectivity index (χ3v) is 8.06. The maximum absolute atomic E-state index is 13.6. The molecule has 0 saturated heterocycles. The Morgan fingerprint density at radius 1 is 1.03 bits per heavy atom. The molecule has 2 aliphatic rings. The fourth-order valence-corrected chi connectivity index (χ4v) is 5.63. The standard InChI is InChI=1S/C29H42N6O3/c1-35(2)29(38)24(16-19-12-14-23(15-13-19)26(31)32)27(36)34-25(22-6-4-3-5-7-22)28(37)33-18-21-10-8-20(17-30)9-11-21/h12-15,20-22,24-25H,3-11,16,18H2,1-2H3,(H3,31,32)(H,33,37)(H,34,36)/t20?,21?,24?,25-/m0/s1. The largest absolute Gasteiger partial charge is 0.384 e. The van der Waals surface area contributed by atoms with E-state index >= 15 is 0 Å². The van der Waals surface area contributed by atoms with Crippen LogP contribution in [0.5, 0.6) is 0 Å². The molecular weight excluding hydrogens is 480 g/mol. The van der Waals surface area contributed by atoms with Gasteiger partial charge in [-0.05, 0) is 62.3 Å². The molecule has 1 aromatic carbocycles. The summed E-state index contributed by atoms with van der Waals surface area (Å²) in [4.78, 5) is 41.5. The molecule has 5 N–H and O–H groups in total. The van der Waals surface area contributed by atoms with E-state index in [0.717, 1.165) is 63.4 Å². The van der Waals surface area contributed by atoms with Gasteiger partial charge in [-0.15, -0.1) is 0 Å². The number of nitrogens with one attached hydrogen (secondary N) is 3. The molecule has 2 saturated carbocycles. The number of amides is 3. The summed E-state index contributed by atoms with van der Waals surface area (Å²) in [6.45, 7) is 0.540. The van der Waals surface area contributed by atoms with Gasteiger partial charge in [-0.1, -0.05) is 43.5 Å². The van der Waals surface area contributed by atoms with Crippen LogP contribution in [0.4, 0.5) is 0 Å². The van der Waals surface area contributed by atoms with Crippen LogP contribution in [0.1, 0.15) is 68.9 Å². The first-order valence-electron chi connectivity index (χ1n) is 13.8. The summed E-state index contributed by atoms with van der Waals surface area (Å²) in [5, 5.41) is 22.8. The van der Waals surface area contributed by atoms with Gasteiger partial charge < -0.3 is 21.3 Å². The molecule has 0 aliphatic heterocycles. The molecule has 2 aliphatic carbocycles. The quantitative estimate of drug-likeness (QED) is 0.211. The molecule has 9 heteroatoms. The Bertz CT molecular complexity index is 1020. The first-order valence-corrected chi connectivity index (χ1v) is 13.8. The highest BCUT2D eigenvalue weighted by molar-refractivity contribution is 6.02. The summed E-state index contributed by atoms with van der Waals surface area (Å²) in [6.07, 6.45) is 8.64. The van der Waals surface area contributed by atoms with Crippen molar-refractivity contribution < 1.29 is 14.4 Å². The number of carbonyl (C=O) groups excluding carboxylic acids is 3. The molecule has 9 nitrogen and oxygen atoms in total. The molecule has 3 amide bonds. The predicted molar refractivity (Wildman–Crippen MR) is 146 cm³/mol. The van der Waals surface area contributed by atoms with Crippen molar-refractivity contribution in [2.75, 3.05) is 20.6 Å². The molecular formula is C29H42N6O3. The lowest BCUT2D eigenvalue weighted by Crippen LogP contribution is -2.55. The number of nitrogens with two attached hydrogens (primary N) is 1. The van der Waals surface area contributed by atoms with Gasteiger partial charge in [0.25, 0.3) is 0 Å². The number of carbonyl (C=O) groups is 3. The van der Waals surface area contributed by atoms with Crippen molar-refractivity contribution in [1.29, 1.82) is 10.7 Å². The SMILES string of the molecule is CN(C)C(=O)C(Cc1ccc(C(=N)N)cc1)C(=O)N[C@H](C(=O)NCC1CCC(C#N)CC1)C1CCCCC1. The maximum atomic E-state index is 13.6. The molecule has 0 spiro atoms. The van der Waals surface area contributed by atoms with E-state index in [9.17, 15) is 14.4 Å². The summed E-state index contributed by atoms with van der Waals surface area (Å²) in [7, 11) is 3.24. The normalized spacial score (nSPS) is 21.4. The van der Waals surface area contributed by atoms with Crippen LogP contribution in [0, 0.1) is 40.4 Å². The molecule has 38 heavy (non-hydrogen) atoms. The zero-order chi connectivity index (χ0) is 27.7. The number of nitrogen functional groups attached to an aromatic ring is 1. The minimum Gasteiger partial charge on any atom is -0.384 e. The van der Waals surface area contributed by atoms with Gasteiger partial charge in [0, 0.05) is 32.1 Å². The molecule has 1 aromatic rings. The van der Waals surface area contributed by atoms with Gasteiger partial charge in [0.15, 0.2) is 0 Å². The second-order valence-corrected chi connectivity index (χ2v) is 11.1. The van der Waals surface area contributed by atoms with Crippen LogP contribution >= 0.6 is 0 Å². The maximum Gasteiger partial charge on any atom is 0.242 e. The second-order valence-electron chi connectivity index (χ2n) is 11.1. The summed E-state index contributed by atoms with van der Waals surface area (Å²) >= 11 is 0. The Morgan fingerprint density at radius 2 is 1.66 bits per heavy atom. The third-order valence-electron chi connectivity index (χ3n) is 8.06. The lowest BCUT2D eigenvalue weighted by atomic mass is 9.82. The molecule has 2 fully saturated rings. The number of rotatable bonds is 10. The number of benzene rings is 1. The summed E-state index contributed by atoms with van der Waals surface area (Å²) in [5.41, 5.74) is 6.90. The minimum absolute atomic E-state index is 0.0342. The second kappa shape index (κ2) is 13.9. The molecule has 206 valence electrons. The van der Waals surface area contributed by atoms with Crippen LogP contribution in [-0.2, 0) is 20.8 Å². The minimum atomic E-state index is -0.978. The van der Waals surface area contributed by atoms with Gasteiger partial charge in [0.1, 0.15) is 17.8 Å². The Balaban J connectivity index is 1.71. The van der Waals surface area contributed by atoms with Crippen LogP contribution in [0.15, 0.2) is 24.3 Å². The lowest BCUT2D eigenvalue weighted by molar-refractivity contribution is -0.142. The molecule has 0 aromatic heterocycles. The number of nitrogens with zero attached hydrogens (tertiary/aromatic N) is 2. The molecule has 0 heterocycles. The highest BCUT2D eigenvalue weighted by atomic mass is 16.2. The topological polar surface area (TPSA) is 152 Å². The van der Waals surface area contributed by atoms with Crippen molar-refractivity contribution in [3.63, 3.8) is 0 Å². The van der Waals surface area contributed by atoms with Gasteiger partial charge in [-0.25, -0.2) is 0 Å². The van der Waals surface area contributed by atoms with Crippen LogP contribution in [0.2, 0.25) is 0 Å². The molecule has 1 unspecified atom stereocenters. The van der Waals surface area contributed by atoms with Crippen molar-refractivity contribution in [3.05, 3.63) is 35.4 Å². The molecule has 2 atom stereocenters. The monoisotopic (exact) mass is 522 g/mol. The average molecular weight is 523 g/mol. The number of amidine groups is 1. The summed E-state index contributed by atoms with van der Waals surface area (Å²) in [6, 6.07) is 8.61. The van der Waals surface area contributed by atoms with Crippen LogP contribution < -0.4 is 16.4 Å². The fourth-order valence-electron chi connectivity index (χ4n) is 5.63. The summed E-state index contributed by atoms with van der Waals surface area (Å²) < 4.78 is 0. The summed E-state index contributed by atoms with van der Waals surface area (Å²) in [5.74, 6) is -1.49. The van der Waals surface area contributed by atoms with Crippen molar-refractivity contribution in [2.24, 2.45) is 29.4 Å². The smallest absolute Gasteiger partial charge is 0.242 e. The predicted octanol–water partition coefficient (Wildman–Crippen LogP) is 2.73. The first-order chi connectivity index (χ1) is 18.2. The molecule has 3 rings (SSSR count). The Hall–Kier alpha value is -3.41. The van der Waals surface area contributed by atoms with Gasteiger partial charge in [-0.2, -0.15) is 5.26 Å². The van der Waals surface area contributed by atoms with E-state index in [1.165, 1.54) is 4.90 Å². The zero-order valence-electron chi connectivity index (χ0n) is 22.7. The third kappa shape index (κ3) is 8.04. The fraction of sp³-hybridized carbons (Fsp3) is 0.621. The lowest BCUT2D eigenvalue weighted by Gasteiger charge is -2.32. The Morgan fingerprint density at radius 3 is 2.21 bits per heavy atom. The van der Waals surface area contributed by atoms with Gasteiger partial charge >= 0.3 is 0 Å². The first kappa shape index (κ1) is 29.2. The van der Waals surface area contributed by atoms with E-state index in [0.29, 0.717) is 18.0 Å². The van der Waals surface area contributed by atoms with E-state index < -0.39 is 17.9 Å². The van der Waals surface area contributed by atoms with Crippen LogP contribution in [-0.4, -0.2) is 55.1 Å². The number of hydrogen-bond donors (Lipinski definition) is 4. The van der Waals surface area contributed by atoms with E-state index in [-0.39, 0.29) is 35.9 Å². The number of hydrogen-bond acceptors (Lipinski definition) is 5. The van der Waals surface area contributed by atoms with Crippen molar-refractivity contribution >= 4 is 23.6 Å². The molecule has 0 radical (unpaired) electrons. The van der Waals surface area contributed by atoms with Crippen molar-refractivity contribution in [3.8, 4) is 6.07 Å². The average Bonchev–Trinajstić information content (AvgIpc) is 2.93. The van der Waals surface area contributed by atoms with Gasteiger partial charge in [0.05, 0.1) is 6.07 Å². The van der Waals surface area contributed by atoms with E-state index in [1.54, 1.807) is 38.4 Å². The molecule has 0 bridgehead atoms. The van der Waals surface area contributed by atoms with Crippen molar-refractivity contribution in [2.45, 2.75) is 70.3 Å². The highest BCUT2D eigenvalue weighted by Crippen LogP contribution is 2.29. The van der Waals surface area contributed by atoms with E-state index in [1.807, 2.05) is 0 Å². The van der Waals surface area contributed by atoms with Crippen LogP contribution in [0.25, 0.3) is 0 Å². The number of nitriles is 1. The Labute approximate surface area is 226 Å². The van der Waals surface area contributed by atoms with Crippen LogP contribution in [0.3, 0.4) is 0 Å². The Kier molecular flexibility index (Phi) is 10.7. The van der Waals surface area contributed by atoms with E-state index in [4.69, 9.17) is 16.4 Å². The van der Waals surface area contributed by atoms with E-state index in [2.05, 4.69) is 16.7 Å². The van der Waals surface area contributed by atoms with Crippen molar-refractivity contribution in [1.82, 2.24) is 15.5 Å².